The molecule has 0 radical (unpaired) electrons. The van der Waals surface area contributed by atoms with Gasteiger partial charge in [0, 0.05) is 26.8 Å². The van der Waals surface area contributed by atoms with Gasteiger partial charge in [0.25, 0.3) is 0 Å². The molecule has 0 saturated heterocycles. The van der Waals surface area contributed by atoms with Crippen molar-refractivity contribution in [2.75, 3.05) is 4.90 Å². The highest BCUT2D eigenvalue weighted by Crippen LogP contribution is 2.66. The Morgan fingerprint density at radius 2 is 1.26 bits per heavy atom. The second-order valence-electron chi connectivity index (χ2n) is 15.2. The maximum atomic E-state index is 3.84. The van der Waals surface area contributed by atoms with Gasteiger partial charge >= 0.3 is 0 Å². The molecule has 5 aromatic carbocycles. The minimum absolute atomic E-state index is 0.205. The molecule has 0 saturated carbocycles. The number of hydrogen-bond donors (Lipinski definition) is 0. The van der Waals surface area contributed by atoms with Crippen molar-refractivity contribution < 1.29 is 0 Å². The van der Waals surface area contributed by atoms with Gasteiger partial charge in [-0.2, -0.15) is 0 Å². The van der Waals surface area contributed by atoms with Crippen LogP contribution >= 0.6 is 11.3 Å². The Hall–Kier alpha value is -7.00. The summed E-state index contributed by atoms with van der Waals surface area (Å²) < 4.78 is 0. The fraction of sp³-hybridized carbons (Fsp3) is 0.0847. The molecule has 1 aromatic heterocycles. The molecule has 61 heavy (non-hydrogen) atoms. The van der Waals surface area contributed by atoms with Gasteiger partial charge in [0.05, 0.1) is 5.41 Å². The van der Waals surface area contributed by atoms with Crippen LogP contribution in [0.4, 0.5) is 17.1 Å². The molecule has 3 aliphatic rings. The van der Waals surface area contributed by atoms with Crippen LogP contribution in [0.25, 0.3) is 34.4 Å². The summed E-state index contributed by atoms with van der Waals surface area (Å²) in [4.78, 5) is 5.03. The highest BCUT2D eigenvalue weighted by Gasteiger charge is 2.53. The number of fused-ring (bicyclic) bond motifs is 10. The van der Waals surface area contributed by atoms with Gasteiger partial charge in [-0.05, 0) is 118 Å². The van der Waals surface area contributed by atoms with E-state index in [1.807, 2.05) is 41.7 Å². The van der Waals surface area contributed by atoms with Crippen molar-refractivity contribution in [2.45, 2.75) is 31.6 Å². The van der Waals surface area contributed by atoms with E-state index in [1.165, 1.54) is 54.3 Å². The summed E-state index contributed by atoms with van der Waals surface area (Å²) in [6.45, 7) is 12.0. The molecular weight excluding hydrogens is 755 g/mol. The largest absolute Gasteiger partial charge is 0.310 e. The Morgan fingerprint density at radius 3 is 2.00 bits per heavy atom. The lowest BCUT2D eigenvalue weighted by Gasteiger charge is -2.31. The van der Waals surface area contributed by atoms with E-state index in [1.54, 1.807) is 6.08 Å². The third-order valence-corrected chi connectivity index (χ3v) is 12.6. The van der Waals surface area contributed by atoms with Crippen LogP contribution in [-0.4, -0.2) is 0 Å². The number of anilines is 3. The van der Waals surface area contributed by atoms with Crippen molar-refractivity contribution in [1.82, 2.24) is 0 Å². The summed E-state index contributed by atoms with van der Waals surface area (Å²) in [5.41, 5.74) is 14.7. The predicted octanol–water partition coefficient (Wildman–Crippen LogP) is 16.8. The summed E-state index contributed by atoms with van der Waals surface area (Å²) in [6, 6.07) is 45.1. The molecule has 0 N–H and O–H groups in total. The lowest BCUT2D eigenvalue weighted by Crippen LogP contribution is -2.25. The van der Waals surface area contributed by atoms with Crippen LogP contribution in [0.15, 0.2) is 232 Å². The lowest BCUT2D eigenvalue weighted by atomic mass is 9.73. The molecule has 1 heterocycles. The van der Waals surface area contributed by atoms with Crippen LogP contribution in [0.2, 0.25) is 0 Å². The van der Waals surface area contributed by atoms with Gasteiger partial charge < -0.3 is 4.90 Å². The number of benzene rings is 5. The van der Waals surface area contributed by atoms with E-state index in [9.17, 15) is 0 Å². The van der Waals surface area contributed by atoms with Gasteiger partial charge in [-0.25, -0.2) is 0 Å². The quantitative estimate of drug-likeness (QED) is 0.111. The van der Waals surface area contributed by atoms with E-state index in [-0.39, 0.29) is 5.92 Å². The number of para-hydroxylation sites is 1. The van der Waals surface area contributed by atoms with Gasteiger partial charge in [0.15, 0.2) is 0 Å². The average Bonchev–Trinajstić information content (AvgIpc) is 4.12. The topological polar surface area (TPSA) is 3.24 Å². The van der Waals surface area contributed by atoms with E-state index in [4.69, 9.17) is 0 Å². The first kappa shape index (κ1) is 40.8. The Kier molecular flexibility index (Phi) is 12.7. The number of thiophene rings is 1. The molecule has 0 fully saturated rings. The minimum Gasteiger partial charge on any atom is -0.310 e. The molecule has 0 amide bonds. The van der Waals surface area contributed by atoms with Crippen molar-refractivity contribution >= 4 is 40.6 Å². The molecular formula is C59H51NS. The fourth-order valence-electron chi connectivity index (χ4n) is 8.78. The standard InChI is InChI=1S/C54H45NS.C5H6/c1-5-8-11-15-22-39(4)45-28-21-30-50-52(45)48-38-44(26-14-10-7-3)56-53(48)54(50)49-29-20-19-27-46(49)47-36-35-43(37-51(47)54)55(41-24-17-13-18-25-41)42-33-31-40(32-34-42)23-16-12-9-6-2;1-2-4-5-3-1/h5-39H,1-2H2,3-4H3;1-4H,5H2/b10-7-,11-8-,12-9-,22-15-,23-16?,26-14-;. The highest BCUT2D eigenvalue weighted by atomic mass is 32.1. The van der Waals surface area contributed by atoms with Crippen molar-refractivity contribution in [2.24, 2.45) is 0 Å². The van der Waals surface area contributed by atoms with Crippen LogP contribution in [-0.2, 0) is 5.41 Å². The molecule has 298 valence electrons. The van der Waals surface area contributed by atoms with E-state index < -0.39 is 5.41 Å². The summed E-state index contributed by atoms with van der Waals surface area (Å²) in [7, 11) is 0. The van der Waals surface area contributed by atoms with Crippen molar-refractivity contribution in [1.29, 1.82) is 0 Å². The Bertz CT molecular complexity index is 2770. The average molecular weight is 806 g/mol. The zero-order valence-corrected chi connectivity index (χ0v) is 35.8. The molecule has 9 rings (SSSR count). The van der Waals surface area contributed by atoms with E-state index >= 15 is 0 Å². The smallest absolute Gasteiger partial charge is 0.0820 e. The van der Waals surface area contributed by atoms with Gasteiger partial charge in [-0.15, -0.1) is 11.3 Å². The zero-order chi connectivity index (χ0) is 42.0. The third kappa shape index (κ3) is 8.03. The molecule has 0 bridgehead atoms. The normalized spacial score (nSPS) is 16.2. The van der Waals surface area contributed by atoms with Crippen LogP contribution < -0.4 is 4.90 Å². The molecule has 6 aromatic rings. The second-order valence-corrected chi connectivity index (χ2v) is 16.3. The van der Waals surface area contributed by atoms with Crippen LogP contribution in [0.3, 0.4) is 0 Å². The van der Waals surface area contributed by atoms with E-state index in [2.05, 4.69) is 226 Å². The van der Waals surface area contributed by atoms with Crippen LogP contribution in [0.5, 0.6) is 0 Å². The first-order valence-corrected chi connectivity index (χ1v) is 21.9. The monoisotopic (exact) mass is 805 g/mol. The summed E-state index contributed by atoms with van der Waals surface area (Å²) in [5.74, 6) is 0.205. The summed E-state index contributed by atoms with van der Waals surface area (Å²) >= 11 is 1.92. The number of allylic oxidation sites excluding steroid dienone is 16. The van der Waals surface area contributed by atoms with Crippen molar-refractivity contribution in [3.8, 4) is 22.3 Å². The molecule has 2 unspecified atom stereocenters. The summed E-state index contributed by atoms with van der Waals surface area (Å²) in [5, 5.41) is 0. The Labute approximate surface area is 366 Å². The second kappa shape index (κ2) is 18.9. The Balaban J connectivity index is 0.000000959. The molecule has 2 atom stereocenters. The maximum absolute atomic E-state index is 3.84. The first-order chi connectivity index (χ1) is 30.1. The highest BCUT2D eigenvalue weighted by molar-refractivity contribution is 7.13. The molecule has 1 spiro atoms. The predicted molar refractivity (Wildman–Crippen MR) is 267 cm³/mol. The van der Waals surface area contributed by atoms with Gasteiger partial charge in [0.2, 0.25) is 0 Å². The van der Waals surface area contributed by atoms with Crippen molar-refractivity contribution in [3.63, 3.8) is 0 Å². The van der Waals surface area contributed by atoms with Crippen LogP contribution in [0, 0.1) is 0 Å². The number of rotatable bonds is 12. The van der Waals surface area contributed by atoms with E-state index in [0.29, 0.717) is 0 Å². The molecule has 0 aliphatic heterocycles. The molecule has 2 heteroatoms. The lowest BCUT2D eigenvalue weighted by molar-refractivity contribution is 0.808. The van der Waals surface area contributed by atoms with Gasteiger partial charge in [0.1, 0.15) is 0 Å². The fourth-order valence-corrected chi connectivity index (χ4v) is 10.1. The van der Waals surface area contributed by atoms with Crippen LogP contribution in [0.1, 0.15) is 63.8 Å². The van der Waals surface area contributed by atoms with E-state index in [0.717, 1.165) is 29.0 Å². The van der Waals surface area contributed by atoms with Gasteiger partial charge in [-0.1, -0.05) is 202 Å². The van der Waals surface area contributed by atoms with Crippen molar-refractivity contribution in [3.05, 3.63) is 269 Å². The maximum Gasteiger partial charge on any atom is 0.0820 e. The molecule has 3 aliphatic carbocycles. The minimum atomic E-state index is -0.470. The number of hydrogen-bond acceptors (Lipinski definition) is 2. The zero-order valence-electron chi connectivity index (χ0n) is 35.0. The third-order valence-electron chi connectivity index (χ3n) is 11.4. The first-order valence-electron chi connectivity index (χ1n) is 21.1. The SMILES string of the molecule is C1=CCC=C1.C=C/C=C\C=Cc1ccc(N(c2ccccc2)c2ccc3c(c2)C2(c4ccccc4-3)c3cccc(C(C)/C=C\C=C/C=C)c3-c3cc(/C=C\C=C/C)sc32)cc1. The van der Waals surface area contributed by atoms with Gasteiger partial charge in [-0.3, -0.25) is 0 Å². The molecule has 1 nitrogen and oxygen atoms in total. The summed E-state index contributed by atoms with van der Waals surface area (Å²) in [6.07, 6.45) is 38.3. The Morgan fingerprint density at radius 1 is 0.590 bits per heavy atom. The number of nitrogens with zero attached hydrogens (tertiary/aromatic N) is 1.